The molecule has 3 fully saturated rings. The summed E-state index contributed by atoms with van der Waals surface area (Å²) >= 11 is 0. The van der Waals surface area contributed by atoms with Crippen molar-refractivity contribution >= 4 is 24.2 Å². The minimum atomic E-state index is -0.602. The Bertz CT molecular complexity index is 819. The first-order chi connectivity index (χ1) is 13.5. The number of halogens is 1. The number of piperidine rings is 2. The Morgan fingerprint density at radius 3 is 2.54 bits per heavy atom. The molecule has 1 spiro atoms. The van der Waals surface area contributed by atoms with Crippen LogP contribution in [0.15, 0.2) is 18.2 Å². The van der Waals surface area contributed by atoms with E-state index in [2.05, 4.69) is 16.2 Å². The molecule has 28 heavy (non-hydrogen) atoms. The normalized spacial score (nSPS) is 24.8. The summed E-state index contributed by atoms with van der Waals surface area (Å²) in [7, 11) is 0. The van der Waals surface area contributed by atoms with Crippen LogP contribution in [-0.4, -0.2) is 31.6 Å². The van der Waals surface area contributed by atoms with Crippen LogP contribution in [0.1, 0.15) is 50.0 Å². The number of nitriles is 1. The lowest BCUT2D eigenvalue weighted by Crippen LogP contribution is -2.43. The largest absolute Gasteiger partial charge is 0.371 e. The second-order valence-corrected chi connectivity index (χ2v) is 8.60. The number of carbonyl (C=O) groups is 2. The number of benzene rings is 1. The fourth-order valence-corrected chi connectivity index (χ4v) is 5.08. The molecule has 2 amide bonds. The lowest BCUT2D eigenvalue weighted by Gasteiger charge is -2.45. The molecular weight excluding hydrogens is 356 g/mol. The van der Waals surface area contributed by atoms with E-state index in [1.54, 1.807) is 12.1 Å². The molecule has 146 valence electrons. The van der Waals surface area contributed by atoms with E-state index in [9.17, 15) is 14.0 Å². The number of hydrogen-bond acceptors (Lipinski definition) is 4. The van der Waals surface area contributed by atoms with Crippen molar-refractivity contribution in [1.82, 2.24) is 5.32 Å². The van der Waals surface area contributed by atoms with Gasteiger partial charge in [0.15, 0.2) is 0 Å². The van der Waals surface area contributed by atoms with Gasteiger partial charge in [-0.2, -0.15) is 0 Å². The van der Waals surface area contributed by atoms with E-state index in [0.717, 1.165) is 57.1 Å². The van der Waals surface area contributed by atoms with Gasteiger partial charge in [0.1, 0.15) is 5.82 Å². The number of amides is 2. The summed E-state index contributed by atoms with van der Waals surface area (Å²) in [5, 5.41) is 11.4. The van der Waals surface area contributed by atoms with Crippen molar-refractivity contribution < 1.29 is 14.0 Å². The third-order valence-corrected chi connectivity index (χ3v) is 7.01. The topological polar surface area (TPSA) is 73.2 Å². The molecule has 3 aliphatic heterocycles. The maximum Gasteiger partial charge on any atom is 0.267 e. The van der Waals surface area contributed by atoms with Gasteiger partial charge in [-0.25, -0.2) is 9.65 Å². The first kappa shape index (κ1) is 19.0. The Balaban J connectivity index is 1.45. The molecule has 3 heterocycles. The maximum atomic E-state index is 14.4. The molecule has 1 unspecified atom stereocenters. The van der Waals surface area contributed by atoms with Crippen LogP contribution in [0.3, 0.4) is 0 Å². The number of hydrogen-bond donors (Lipinski definition) is 1. The Hall–Kier alpha value is -2.36. The Labute approximate surface area is 165 Å². The summed E-state index contributed by atoms with van der Waals surface area (Å²) in [6.45, 7) is 2.05. The Morgan fingerprint density at radius 2 is 1.89 bits per heavy atom. The van der Waals surface area contributed by atoms with Gasteiger partial charge >= 0.3 is 0 Å². The highest BCUT2D eigenvalue weighted by Gasteiger charge is 2.39. The fraction of sp³-hybridized carbons (Fsp3) is 0.571. The molecule has 0 aromatic heterocycles. The van der Waals surface area contributed by atoms with Crippen molar-refractivity contribution in [3.63, 3.8) is 0 Å². The molecule has 0 radical (unpaired) electrons. The summed E-state index contributed by atoms with van der Waals surface area (Å²) in [4.78, 5) is 25.8. The molecule has 4 rings (SSSR count). The Morgan fingerprint density at radius 1 is 1.18 bits per heavy atom. The minimum absolute atomic E-state index is 0.219. The highest BCUT2D eigenvalue weighted by molar-refractivity contribution is 6.67. The van der Waals surface area contributed by atoms with Crippen molar-refractivity contribution in [1.29, 1.82) is 5.26 Å². The summed E-state index contributed by atoms with van der Waals surface area (Å²) < 4.78 is 14.4. The predicted octanol–water partition coefficient (Wildman–Crippen LogP) is 3.28. The van der Waals surface area contributed by atoms with Crippen LogP contribution in [0.4, 0.5) is 10.1 Å². The van der Waals surface area contributed by atoms with Crippen LogP contribution < -0.4 is 10.2 Å². The third-order valence-electron chi connectivity index (χ3n) is 7.01. The summed E-state index contributed by atoms with van der Waals surface area (Å²) in [5.41, 5.74) is 1.69. The van der Waals surface area contributed by atoms with Crippen molar-refractivity contribution in [3.8, 4) is 5.97 Å². The molecule has 1 aromatic carbocycles. The van der Waals surface area contributed by atoms with Crippen LogP contribution in [0, 0.1) is 22.5 Å². The zero-order valence-electron chi connectivity index (χ0n) is 16.0. The van der Waals surface area contributed by atoms with E-state index >= 15 is 0 Å². The molecule has 7 heteroatoms. The fourth-order valence-electron chi connectivity index (χ4n) is 5.08. The minimum Gasteiger partial charge on any atom is -0.371 e. The van der Waals surface area contributed by atoms with Gasteiger partial charge < -0.3 is 4.90 Å². The zero-order valence-corrected chi connectivity index (χ0v) is 16.0. The molecule has 0 bridgehead atoms. The average molecular weight is 381 g/mol. The second kappa shape index (κ2) is 7.58. The van der Waals surface area contributed by atoms with Crippen LogP contribution >= 0.6 is 0 Å². The van der Waals surface area contributed by atoms with Gasteiger partial charge in [-0.3, -0.25) is 14.9 Å². The van der Waals surface area contributed by atoms with E-state index in [4.69, 9.17) is 5.26 Å². The van der Waals surface area contributed by atoms with Crippen LogP contribution in [0.25, 0.3) is 0 Å². The molecule has 1 N–H and O–H groups in total. The Kier molecular flexibility index (Phi) is 5.14. The van der Waals surface area contributed by atoms with Gasteiger partial charge in [-0.15, -0.1) is 0 Å². The lowest BCUT2D eigenvalue weighted by molar-refractivity contribution is -0.134. The van der Waals surface area contributed by atoms with Crippen LogP contribution in [0.5, 0.6) is 0 Å². The third kappa shape index (κ3) is 3.65. The first-order valence-corrected chi connectivity index (χ1v) is 10.3. The lowest BCUT2D eigenvalue weighted by atomic mass is 9.39. The van der Waals surface area contributed by atoms with Gasteiger partial charge in [-0.1, -0.05) is 25.5 Å². The van der Waals surface area contributed by atoms with E-state index in [1.807, 2.05) is 0 Å². The van der Waals surface area contributed by atoms with Gasteiger partial charge in [0.05, 0.1) is 5.92 Å². The smallest absolute Gasteiger partial charge is 0.267 e. The van der Waals surface area contributed by atoms with Crippen molar-refractivity contribution in [2.24, 2.45) is 5.41 Å². The average Bonchev–Trinajstić information content (AvgIpc) is 2.70. The molecule has 0 aliphatic carbocycles. The molecular formula is C21H25BFN3O2. The summed E-state index contributed by atoms with van der Waals surface area (Å²) in [6, 6.07) is 5.02. The van der Waals surface area contributed by atoms with Crippen molar-refractivity contribution in [2.45, 2.75) is 57.1 Å². The van der Waals surface area contributed by atoms with Crippen molar-refractivity contribution in [3.05, 3.63) is 29.6 Å². The number of nitrogens with zero attached hydrogens (tertiary/aromatic N) is 2. The van der Waals surface area contributed by atoms with E-state index in [1.165, 1.54) is 6.07 Å². The number of anilines is 1. The van der Waals surface area contributed by atoms with E-state index < -0.39 is 11.8 Å². The second-order valence-electron chi connectivity index (χ2n) is 8.60. The molecule has 3 aliphatic rings. The number of carbonyl (C=O) groups excluding carboxylic acids is 2. The van der Waals surface area contributed by atoms with E-state index in [-0.39, 0.29) is 24.9 Å². The molecule has 0 saturated carbocycles. The first-order valence-electron chi connectivity index (χ1n) is 10.3. The molecule has 1 aromatic rings. The van der Waals surface area contributed by atoms with Gasteiger partial charge in [0, 0.05) is 36.7 Å². The summed E-state index contributed by atoms with van der Waals surface area (Å²) in [6.07, 6.45) is 7.06. The molecule has 3 saturated heterocycles. The summed E-state index contributed by atoms with van der Waals surface area (Å²) in [5.74, 6) is 0.730. The van der Waals surface area contributed by atoms with Gasteiger partial charge in [-0.05, 0) is 42.9 Å². The number of imide groups is 1. The number of nitrogens with one attached hydrogen (secondary N) is 1. The zero-order chi connectivity index (χ0) is 19.7. The monoisotopic (exact) mass is 381 g/mol. The van der Waals surface area contributed by atoms with Crippen LogP contribution in [-0.2, 0) is 9.59 Å². The predicted molar refractivity (Wildman–Crippen MR) is 106 cm³/mol. The van der Waals surface area contributed by atoms with Crippen molar-refractivity contribution in [2.75, 3.05) is 18.0 Å². The van der Waals surface area contributed by atoms with Crippen LogP contribution in [0.2, 0.25) is 12.6 Å². The maximum absolute atomic E-state index is 14.4. The molecule has 5 nitrogen and oxygen atoms in total. The van der Waals surface area contributed by atoms with Gasteiger partial charge in [0.2, 0.25) is 11.8 Å². The number of rotatable bonds is 2. The van der Waals surface area contributed by atoms with E-state index in [0.29, 0.717) is 17.4 Å². The quantitative estimate of drug-likeness (QED) is 0.630. The molecule has 1 atom stereocenters. The standard InChI is InChI=1S/C21H25BFN3O2/c23-18-3-1-15(13-17(18)16-2-4-19(27)25-20(16)28)26-11-7-21(8-12-26)5-9-22(14-24)10-6-21/h1,3,13,16H,2,4-12H2,(H,25,27,28). The highest BCUT2D eigenvalue weighted by atomic mass is 19.1. The SMILES string of the molecule is N#CB1CCC2(CC1)CCN(c1ccc(F)c(C3CCC(=O)NC3=O)c1)CC2. The van der Waals surface area contributed by atoms with Gasteiger partial charge in [0.25, 0.3) is 6.71 Å². The highest BCUT2D eigenvalue weighted by Crippen LogP contribution is 2.45.